The quantitative estimate of drug-likeness (QED) is 0.454. The molecule has 0 aromatic heterocycles. The second-order valence-corrected chi connectivity index (χ2v) is 5.97. The summed E-state index contributed by atoms with van der Waals surface area (Å²) in [6.45, 7) is 6.06. The maximum absolute atomic E-state index is 11.8. The first-order valence-corrected chi connectivity index (χ1v) is 8.04. The molecule has 0 aliphatic carbocycles. The Morgan fingerprint density at radius 1 is 1.04 bits per heavy atom. The molecular formula is C19H21N3OS. The predicted octanol–water partition coefficient (Wildman–Crippen LogP) is 3.64. The summed E-state index contributed by atoms with van der Waals surface area (Å²) in [4.78, 5) is 11.8. The van der Waals surface area contributed by atoms with E-state index in [-0.39, 0.29) is 5.91 Å². The first kappa shape index (κ1) is 17.7. The molecule has 2 rings (SSSR count). The lowest BCUT2D eigenvalue weighted by Crippen LogP contribution is -2.43. The molecule has 1 amide bonds. The smallest absolute Gasteiger partial charge is 0.262 e. The van der Waals surface area contributed by atoms with Crippen molar-refractivity contribution in [3.8, 4) is 0 Å². The van der Waals surface area contributed by atoms with Gasteiger partial charge in [-0.15, -0.1) is 0 Å². The number of anilines is 1. The molecule has 0 aliphatic heterocycles. The third-order valence-corrected chi connectivity index (χ3v) is 3.83. The van der Waals surface area contributed by atoms with Gasteiger partial charge in [0.1, 0.15) is 0 Å². The van der Waals surface area contributed by atoms with E-state index in [1.807, 2.05) is 63.2 Å². The van der Waals surface area contributed by atoms with Crippen molar-refractivity contribution in [2.45, 2.75) is 20.8 Å². The third-order valence-electron chi connectivity index (χ3n) is 3.62. The molecule has 0 aliphatic rings. The maximum Gasteiger partial charge on any atom is 0.262 e. The monoisotopic (exact) mass is 339 g/mol. The van der Waals surface area contributed by atoms with Crippen LogP contribution < -0.4 is 16.2 Å². The van der Waals surface area contributed by atoms with E-state index in [1.54, 1.807) is 6.08 Å². The molecule has 0 spiro atoms. The van der Waals surface area contributed by atoms with Gasteiger partial charge in [-0.3, -0.25) is 15.6 Å². The molecule has 0 atom stereocenters. The van der Waals surface area contributed by atoms with E-state index >= 15 is 0 Å². The zero-order chi connectivity index (χ0) is 17.5. The van der Waals surface area contributed by atoms with Gasteiger partial charge in [-0.2, -0.15) is 0 Å². The minimum absolute atomic E-state index is 0.276. The number of hydrogen-bond acceptors (Lipinski definition) is 2. The van der Waals surface area contributed by atoms with Gasteiger partial charge in [-0.1, -0.05) is 42.0 Å². The summed E-state index contributed by atoms with van der Waals surface area (Å²) in [6, 6.07) is 13.8. The maximum atomic E-state index is 11.8. The fraction of sp³-hybridized carbons (Fsp3) is 0.158. The van der Waals surface area contributed by atoms with Gasteiger partial charge >= 0.3 is 0 Å². The number of hydrogen-bond donors (Lipinski definition) is 3. The molecule has 2 aromatic carbocycles. The van der Waals surface area contributed by atoms with Gasteiger partial charge in [0.25, 0.3) is 5.91 Å². The van der Waals surface area contributed by atoms with Crippen molar-refractivity contribution in [3.05, 3.63) is 70.8 Å². The summed E-state index contributed by atoms with van der Waals surface area (Å²) < 4.78 is 0. The van der Waals surface area contributed by atoms with Gasteiger partial charge in [0.15, 0.2) is 5.11 Å². The summed E-state index contributed by atoms with van der Waals surface area (Å²) in [5, 5.41) is 3.40. The van der Waals surface area contributed by atoms with Gasteiger partial charge in [0.05, 0.1) is 0 Å². The molecule has 0 unspecified atom stereocenters. The van der Waals surface area contributed by atoms with Gasteiger partial charge in [0.2, 0.25) is 0 Å². The Bertz CT molecular complexity index is 784. The van der Waals surface area contributed by atoms with Crippen LogP contribution >= 0.6 is 12.2 Å². The van der Waals surface area contributed by atoms with Crippen LogP contribution in [0.4, 0.5) is 5.69 Å². The number of thiocarbonyl (C=S) groups is 1. The van der Waals surface area contributed by atoms with Crippen molar-refractivity contribution in [2.75, 3.05) is 5.32 Å². The fourth-order valence-electron chi connectivity index (χ4n) is 2.15. The van der Waals surface area contributed by atoms with E-state index < -0.39 is 0 Å². The van der Waals surface area contributed by atoms with Crippen LogP contribution in [0.2, 0.25) is 0 Å². The van der Waals surface area contributed by atoms with Crippen LogP contribution in [0, 0.1) is 20.8 Å². The molecule has 3 N–H and O–H groups in total. The highest BCUT2D eigenvalue weighted by Crippen LogP contribution is 2.17. The van der Waals surface area contributed by atoms with Crippen molar-refractivity contribution < 1.29 is 4.79 Å². The van der Waals surface area contributed by atoms with Crippen LogP contribution in [0.3, 0.4) is 0 Å². The van der Waals surface area contributed by atoms with Crippen LogP contribution in [-0.4, -0.2) is 11.0 Å². The molecule has 0 bridgehead atoms. The molecule has 0 radical (unpaired) electrons. The van der Waals surface area contributed by atoms with Crippen LogP contribution in [0.25, 0.3) is 6.08 Å². The van der Waals surface area contributed by atoms with Crippen molar-refractivity contribution in [3.63, 3.8) is 0 Å². The van der Waals surface area contributed by atoms with Crippen molar-refractivity contribution in [2.24, 2.45) is 0 Å². The number of amides is 1. The fourth-order valence-corrected chi connectivity index (χ4v) is 2.31. The minimum Gasteiger partial charge on any atom is -0.331 e. The van der Waals surface area contributed by atoms with Gasteiger partial charge in [0, 0.05) is 11.8 Å². The second kappa shape index (κ2) is 8.26. The topological polar surface area (TPSA) is 53.2 Å². The Hall–Kier alpha value is -2.66. The normalized spacial score (nSPS) is 10.5. The van der Waals surface area contributed by atoms with E-state index in [0.717, 1.165) is 22.4 Å². The Morgan fingerprint density at radius 3 is 2.54 bits per heavy atom. The zero-order valence-corrected chi connectivity index (χ0v) is 14.8. The van der Waals surface area contributed by atoms with Crippen molar-refractivity contribution >= 4 is 35.0 Å². The highest BCUT2D eigenvalue weighted by Gasteiger charge is 2.03. The van der Waals surface area contributed by atoms with Crippen molar-refractivity contribution in [1.29, 1.82) is 0 Å². The number of carbonyl (C=O) groups excluding carboxylic acids is 1. The summed E-state index contributed by atoms with van der Waals surface area (Å²) >= 11 is 5.19. The SMILES string of the molecule is Cc1cccc(/C=C/C(=O)NNC(=S)Nc2cccc(C)c2C)c1. The molecule has 2 aromatic rings. The first-order chi connectivity index (χ1) is 11.5. The van der Waals surface area contributed by atoms with E-state index in [9.17, 15) is 4.79 Å². The lowest BCUT2D eigenvalue weighted by atomic mass is 10.1. The minimum atomic E-state index is -0.276. The van der Waals surface area contributed by atoms with E-state index in [1.165, 1.54) is 11.6 Å². The van der Waals surface area contributed by atoms with Crippen LogP contribution in [0.5, 0.6) is 0 Å². The van der Waals surface area contributed by atoms with Gasteiger partial charge in [-0.05, 0) is 61.8 Å². The molecule has 5 heteroatoms. The average molecular weight is 339 g/mol. The molecule has 0 fully saturated rings. The molecular weight excluding hydrogens is 318 g/mol. The van der Waals surface area contributed by atoms with Crippen molar-refractivity contribution in [1.82, 2.24) is 10.9 Å². The molecule has 0 saturated heterocycles. The van der Waals surface area contributed by atoms with E-state index in [2.05, 4.69) is 16.2 Å². The standard InChI is InChI=1S/C19H21N3OS/c1-13-6-4-8-16(12-13)10-11-18(23)21-22-19(24)20-17-9-5-7-14(2)15(17)3/h4-12H,1-3H3,(H,21,23)(H2,20,22,24)/b11-10+. The first-order valence-electron chi connectivity index (χ1n) is 7.63. The highest BCUT2D eigenvalue weighted by molar-refractivity contribution is 7.80. The lowest BCUT2D eigenvalue weighted by molar-refractivity contribution is -0.116. The zero-order valence-electron chi connectivity index (χ0n) is 14.0. The Kier molecular flexibility index (Phi) is 6.09. The van der Waals surface area contributed by atoms with Gasteiger partial charge in [-0.25, -0.2) is 0 Å². The summed E-state index contributed by atoms with van der Waals surface area (Å²) in [7, 11) is 0. The lowest BCUT2D eigenvalue weighted by Gasteiger charge is -2.13. The third kappa shape index (κ3) is 5.21. The van der Waals surface area contributed by atoms with Crippen LogP contribution in [0.1, 0.15) is 22.3 Å². The van der Waals surface area contributed by atoms with Crippen LogP contribution in [0.15, 0.2) is 48.5 Å². The molecule has 24 heavy (non-hydrogen) atoms. The summed E-state index contributed by atoms with van der Waals surface area (Å²) in [5.74, 6) is -0.276. The summed E-state index contributed by atoms with van der Waals surface area (Å²) in [5.41, 5.74) is 10.6. The van der Waals surface area contributed by atoms with Crippen LogP contribution in [-0.2, 0) is 4.79 Å². The number of aryl methyl sites for hydroxylation is 2. The Morgan fingerprint density at radius 2 is 1.79 bits per heavy atom. The summed E-state index contributed by atoms with van der Waals surface area (Å²) in [6.07, 6.45) is 3.22. The number of carbonyl (C=O) groups is 1. The molecule has 0 heterocycles. The molecule has 0 saturated carbocycles. The molecule has 124 valence electrons. The average Bonchev–Trinajstić information content (AvgIpc) is 2.55. The number of benzene rings is 2. The predicted molar refractivity (Wildman–Crippen MR) is 104 cm³/mol. The molecule has 4 nitrogen and oxygen atoms in total. The van der Waals surface area contributed by atoms with Gasteiger partial charge < -0.3 is 5.32 Å². The largest absolute Gasteiger partial charge is 0.331 e. The van der Waals surface area contributed by atoms with E-state index in [4.69, 9.17) is 12.2 Å². The Balaban J connectivity index is 1.85. The number of nitrogens with one attached hydrogen (secondary N) is 3. The highest BCUT2D eigenvalue weighted by atomic mass is 32.1. The number of rotatable bonds is 3. The Labute approximate surface area is 147 Å². The second-order valence-electron chi connectivity index (χ2n) is 5.56. The van der Waals surface area contributed by atoms with E-state index in [0.29, 0.717) is 5.11 Å². The number of hydrazine groups is 1.